The van der Waals surface area contributed by atoms with Gasteiger partial charge in [-0.3, -0.25) is 11.3 Å². The van der Waals surface area contributed by atoms with Gasteiger partial charge in [-0.2, -0.15) is 0 Å². The number of hydrogen-bond acceptors (Lipinski definition) is 3. The molecule has 1 aromatic rings. The topological polar surface area (TPSA) is 47.3 Å². The van der Waals surface area contributed by atoms with E-state index in [1.165, 1.54) is 5.56 Å². The minimum atomic E-state index is 0.570. The summed E-state index contributed by atoms with van der Waals surface area (Å²) in [5, 5.41) is 0. The summed E-state index contributed by atoms with van der Waals surface area (Å²) in [6.45, 7) is 5.85. The summed E-state index contributed by atoms with van der Waals surface area (Å²) >= 11 is 0. The van der Waals surface area contributed by atoms with Crippen LogP contribution in [0.5, 0.6) is 5.75 Å². The quantitative estimate of drug-likeness (QED) is 0.427. The molecule has 15 heavy (non-hydrogen) atoms. The van der Waals surface area contributed by atoms with Crippen molar-refractivity contribution in [3.8, 4) is 5.75 Å². The van der Waals surface area contributed by atoms with E-state index in [1.54, 1.807) is 0 Å². The van der Waals surface area contributed by atoms with E-state index in [-0.39, 0.29) is 0 Å². The maximum atomic E-state index is 5.55. The third-order valence-electron chi connectivity index (χ3n) is 2.28. The fraction of sp³-hybridized carbons (Fsp3) is 0.500. The van der Waals surface area contributed by atoms with E-state index in [1.807, 2.05) is 12.1 Å². The predicted molar refractivity (Wildman–Crippen MR) is 62.8 cm³/mol. The molecule has 0 atom stereocenters. The fourth-order valence-corrected chi connectivity index (χ4v) is 1.31. The molecule has 0 fully saturated rings. The normalized spacial score (nSPS) is 10.7. The zero-order valence-corrected chi connectivity index (χ0v) is 9.49. The van der Waals surface area contributed by atoms with E-state index < -0.39 is 0 Å². The van der Waals surface area contributed by atoms with Crippen molar-refractivity contribution in [3.05, 3.63) is 29.8 Å². The van der Waals surface area contributed by atoms with E-state index in [0.717, 1.165) is 18.7 Å². The van der Waals surface area contributed by atoms with E-state index >= 15 is 0 Å². The van der Waals surface area contributed by atoms with Gasteiger partial charge in [0.1, 0.15) is 5.75 Å². The van der Waals surface area contributed by atoms with Gasteiger partial charge in [-0.15, -0.1) is 0 Å². The SMILES string of the molecule is CC(C)c1ccc(OCCCNN)cc1. The van der Waals surface area contributed by atoms with Crippen molar-refractivity contribution in [2.45, 2.75) is 26.2 Å². The molecule has 3 N–H and O–H groups in total. The smallest absolute Gasteiger partial charge is 0.119 e. The lowest BCUT2D eigenvalue weighted by molar-refractivity contribution is 0.308. The van der Waals surface area contributed by atoms with Gasteiger partial charge in [-0.25, -0.2) is 0 Å². The maximum Gasteiger partial charge on any atom is 0.119 e. The lowest BCUT2D eigenvalue weighted by atomic mass is 10.0. The first-order valence-electron chi connectivity index (χ1n) is 5.40. The third-order valence-corrected chi connectivity index (χ3v) is 2.28. The van der Waals surface area contributed by atoms with Crippen LogP contribution in [0.3, 0.4) is 0 Å². The number of ether oxygens (including phenoxy) is 1. The second kappa shape index (κ2) is 6.43. The molecule has 0 amide bonds. The van der Waals surface area contributed by atoms with Crippen LogP contribution in [0.4, 0.5) is 0 Å². The molecule has 0 aliphatic rings. The predicted octanol–water partition coefficient (Wildman–Crippen LogP) is 2.04. The van der Waals surface area contributed by atoms with Crippen LogP contribution in [0, 0.1) is 0 Å². The van der Waals surface area contributed by atoms with Gasteiger partial charge < -0.3 is 4.74 Å². The molecule has 3 heteroatoms. The lowest BCUT2D eigenvalue weighted by Gasteiger charge is -2.08. The van der Waals surface area contributed by atoms with Crippen molar-refractivity contribution in [3.63, 3.8) is 0 Å². The first-order chi connectivity index (χ1) is 7.24. The second-order valence-corrected chi connectivity index (χ2v) is 3.88. The molecule has 0 spiro atoms. The highest BCUT2D eigenvalue weighted by molar-refractivity contribution is 5.28. The summed E-state index contributed by atoms with van der Waals surface area (Å²) in [6, 6.07) is 8.26. The first-order valence-corrected chi connectivity index (χ1v) is 5.40. The Morgan fingerprint density at radius 1 is 1.27 bits per heavy atom. The van der Waals surface area contributed by atoms with Crippen LogP contribution in [0.1, 0.15) is 31.7 Å². The van der Waals surface area contributed by atoms with Crippen molar-refractivity contribution >= 4 is 0 Å². The standard InChI is InChI=1S/C12H20N2O/c1-10(2)11-4-6-12(7-5-11)15-9-3-8-14-13/h4-7,10,14H,3,8-9,13H2,1-2H3. The summed E-state index contributed by atoms with van der Waals surface area (Å²) in [7, 11) is 0. The van der Waals surface area contributed by atoms with Gasteiger partial charge in [0.25, 0.3) is 0 Å². The molecule has 1 rings (SSSR count). The molecule has 0 aliphatic heterocycles. The minimum Gasteiger partial charge on any atom is -0.494 e. The van der Waals surface area contributed by atoms with E-state index in [2.05, 4.69) is 31.4 Å². The second-order valence-electron chi connectivity index (χ2n) is 3.88. The number of nitrogens with two attached hydrogens (primary N) is 1. The Morgan fingerprint density at radius 2 is 1.93 bits per heavy atom. The molecular weight excluding hydrogens is 188 g/mol. The van der Waals surface area contributed by atoms with Crippen LogP contribution in [0.25, 0.3) is 0 Å². The number of hydrogen-bond donors (Lipinski definition) is 2. The van der Waals surface area contributed by atoms with Gasteiger partial charge in [-0.1, -0.05) is 26.0 Å². The Kier molecular flexibility index (Phi) is 5.15. The molecule has 0 saturated carbocycles. The van der Waals surface area contributed by atoms with Crippen LogP contribution in [0.15, 0.2) is 24.3 Å². The average Bonchev–Trinajstić information content (AvgIpc) is 2.25. The fourth-order valence-electron chi connectivity index (χ4n) is 1.31. The molecule has 0 bridgehead atoms. The van der Waals surface area contributed by atoms with Crippen LogP contribution < -0.4 is 16.0 Å². The van der Waals surface area contributed by atoms with Crippen LogP contribution in [-0.4, -0.2) is 13.2 Å². The monoisotopic (exact) mass is 208 g/mol. The zero-order valence-electron chi connectivity index (χ0n) is 9.49. The van der Waals surface area contributed by atoms with Crippen LogP contribution in [0.2, 0.25) is 0 Å². The Bertz CT molecular complexity index is 269. The number of nitrogens with one attached hydrogen (secondary N) is 1. The van der Waals surface area contributed by atoms with Gasteiger partial charge in [0, 0.05) is 6.54 Å². The summed E-state index contributed by atoms with van der Waals surface area (Å²) < 4.78 is 5.55. The highest BCUT2D eigenvalue weighted by atomic mass is 16.5. The maximum absolute atomic E-state index is 5.55. The Balaban J connectivity index is 2.36. The molecule has 0 aliphatic carbocycles. The summed E-state index contributed by atoms with van der Waals surface area (Å²) in [4.78, 5) is 0. The molecule has 3 nitrogen and oxygen atoms in total. The van der Waals surface area contributed by atoms with Crippen molar-refractivity contribution in [1.29, 1.82) is 0 Å². The lowest BCUT2D eigenvalue weighted by Crippen LogP contribution is -2.24. The highest BCUT2D eigenvalue weighted by Gasteiger charge is 1.98. The van der Waals surface area contributed by atoms with Gasteiger partial charge in [0.05, 0.1) is 6.61 Å². The molecule has 0 unspecified atom stereocenters. The van der Waals surface area contributed by atoms with Gasteiger partial charge in [0.15, 0.2) is 0 Å². The Morgan fingerprint density at radius 3 is 2.47 bits per heavy atom. The molecular formula is C12H20N2O. The highest BCUT2D eigenvalue weighted by Crippen LogP contribution is 2.18. The Labute approximate surface area is 91.6 Å². The van der Waals surface area contributed by atoms with Crippen molar-refractivity contribution < 1.29 is 4.74 Å². The summed E-state index contributed by atoms with van der Waals surface area (Å²) in [5.41, 5.74) is 3.94. The molecule has 1 aromatic carbocycles. The first kappa shape index (κ1) is 12.0. The van der Waals surface area contributed by atoms with Gasteiger partial charge in [0.2, 0.25) is 0 Å². The van der Waals surface area contributed by atoms with Crippen molar-refractivity contribution in [2.24, 2.45) is 5.84 Å². The van der Waals surface area contributed by atoms with Crippen LogP contribution in [-0.2, 0) is 0 Å². The molecule has 84 valence electrons. The van der Waals surface area contributed by atoms with Gasteiger partial charge in [-0.05, 0) is 30.0 Å². The molecule has 0 saturated heterocycles. The zero-order chi connectivity index (χ0) is 11.1. The molecule has 0 aromatic heterocycles. The minimum absolute atomic E-state index is 0.570. The van der Waals surface area contributed by atoms with Crippen molar-refractivity contribution in [1.82, 2.24) is 5.43 Å². The van der Waals surface area contributed by atoms with E-state index in [9.17, 15) is 0 Å². The van der Waals surface area contributed by atoms with E-state index in [0.29, 0.717) is 12.5 Å². The Hall–Kier alpha value is -1.06. The number of rotatable bonds is 6. The summed E-state index contributed by atoms with van der Waals surface area (Å²) in [5.74, 6) is 6.65. The van der Waals surface area contributed by atoms with Crippen LogP contribution >= 0.6 is 0 Å². The molecule has 0 heterocycles. The van der Waals surface area contributed by atoms with E-state index in [4.69, 9.17) is 10.6 Å². The number of benzene rings is 1. The third kappa shape index (κ3) is 4.32. The largest absolute Gasteiger partial charge is 0.494 e. The number of hydrazine groups is 1. The average molecular weight is 208 g/mol. The van der Waals surface area contributed by atoms with Crippen molar-refractivity contribution in [2.75, 3.05) is 13.2 Å². The van der Waals surface area contributed by atoms with Gasteiger partial charge >= 0.3 is 0 Å². The molecule has 0 radical (unpaired) electrons. The summed E-state index contributed by atoms with van der Waals surface area (Å²) in [6.07, 6.45) is 0.919.